The largest absolute Gasteiger partial charge is 0.340 e. The molecule has 1 atom stereocenters. The van der Waals surface area contributed by atoms with E-state index in [1.807, 2.05) is 4.90 Å². The van der Waals surface area contributed by atoms with Crippen LogP contribution in [0.25, 0.3) is 0 Å². The lowest BCUT2D eigenvalue weighted by Gasteiger charge is -2.23. The third-order valence-electron chi connectivity index (χ3n) is 3.07. The number of carbonyl (C=O) groups excluding carboxylic acids is 1. The van der Waals surface area contributed by atoms with Crippen molar-refractivity contribution in [3.8, 4) is 6.07 Å². The van der Waals surface area contributed by atoms with Gasteiger partial charge in [-0.05, 0) is 19.5 Å². The molecule has 16 heavy (non-hydrogen) atoms. The van der Waals surface area contributed by atoms with E-state index in [0.717, 1.165) is 32.6 Å². The lowest BCUT2D eigenvalue weighted by molar-refractivity contribution is -0.127. The first-order valence-electron chi connectivity index (χ1n) is 6.11. The van der Waals surface area contributed by atoms with Crippen molar-refractivity contribution in [2.24, 2.45) is 5.92 Å². The van der Waals surface area contributed by atoms with Crippen LogP contribution in [0.15, 0.2) is 0 Å². The molecule has 0 bridgehead atoms. The summed E-state index contributed by atoms with van der Waals surface area (Å²) in [6, 6.07) is 2.17. The van der Waals surface area contributed by atoms with Gasteiger partial charge in [0.05, 0.1) is 12.0 Å². The molecule has 0 aliphatic carbocycles. The van der Waals surface area contributed by atoms with Gasteiger partial charge in [0, 0.05) is 26.1 Å². The van der Waals surface area contributed by atoms with E-state index in [2.05, 4.69) is 24.8 Å². The number of nitriles is 1. The van der Waals surface area contributed by atoms with Crippen LogP contribution in [0.1, 0.15) is 26.7 Å². The Kier molecular flexibility index (Phi) is 5.27. The minimum Gasteiger partial charge on any atom is -0.340 e. The molecule has 4 heteroatoms. The zero-order chi connectivity index (χ0) is 12.0. The summed E-state index contributed by atoms with van der Waals surface area (Å²) < 4.78 is 0. The van der Waals surface area contributed by atoms with Crippen LogP contribution in [0.5, 0.6) is 0 Å². The number of likely N-dealkylation sites (N-methyl/N-ethyl adjacent to an activating group) is 1. The molecule has 0 N–H and O–H groups in total. The molecule has 1 aliphatic heterocycles. The summed E-state index contributed by atoms with van der Waals surface area (Å²) in [7, 11) is 0. The first-order valence-corrected chi connectivity index (χ1v) is 6.11. The second-order valence-corrected chi connectivity index (χ2v) is 4.30. The molecule has 4 nitrogen and oxygen atoms in total. The van der Waals surface area contributed by atoms with E-state index in [1.165, 1.54) is 0 Å². The van der Waals surface area contributed by atoms with Gasteiger partial charge in [-0.25, -0.2) is 0 Å². The van der Waals surface area contributed by atoms with Crippen LogP contribution < -0.4 is 0 Å². The summed E-state index contributed by atoms with van der Waals surface area (Å²) in [4.78, 5) is 15.7. The smallest absolute Gasteiger partial charge is 0.224 e. The van der Waals surface area contributed by atoms with Gasteiger partial charge in [-0.3, -0.25) is 4.79 Å². The zero-order valence-electron chi connectivity index (χ0n) is 10.3. The van der Waals surface area contributed by atoms with E-state index >= 15 is 0 Å². The molecule has 0 saturated carbocycles. The summed E-state index contributed by atoms with van der Waals surface area (Å²) in [6.45, 7) is 8.73. The Balaban J connectivity index is 2.32. The molecule has 0 aromatic rings. The third kappa shape index (κ3) is 3.49. The van der Waals surface area contributed by atoms with Crippen molar-refractivity contribution in [1.82, 2.24) is 9.80 Å². The molecule has 1 amide bonds. The topological polar surface area (TPSA) is 47.3 Å². The summed E-state index contributed by atoms with van der Waals surface area (Å²) in [5, 5.41) is 8.77. The number of amides is 1. The molecule has 0 radical (unpaired) electrons. The monoisotopic (exact) mass is 223 g/mol. The highest BCUT2D eigenvalue weighted by Gasteiger charge is 2.29. The number of hydrogen-bond acceptors (Lipinski definition) is 3. The minimum atomic E-state index is -0.0891. The van der Waals surface area contributed by atoms with Crippen LogP contribution in [0, 0.1) is 17.2 Å². The minimum absolute atomic E-state index is 0.0891. The van der Waals surface area contributed by atoms with Gasteiger partial charge in [-0.2, -0.15) is 5.26 Å². The average molecular weight is 223 g/mol. The lowest BCUT2D eigenvalue weighted by atomic mass is 10.1. The van der Waals surface area contributed by atoms with Crippen LogP contribution >= 0.6 is 0 Å². The number of likely N-dealkylation sites (tertiary alicyclic amines) is 1. The van der Waals surface area contributed by atoms with E-state index < -0.39 is 0 Å². The Morgan fingerprint density at radius 1 is 1.50 bits per heavy atom. The van der Waals surface area contributed by atoms with Gasteiger partial charge in [0.2, 0.25) is 5.91 Å². The van der Waals surface area contributed by atoms with Crippen LogP contribution in [-0.4, -0.2) is 48.4 Å². The maximum Gasteiger partial charge on any atom is 0.224 e. The maximum atomic E-state index is 11.6. The molecule has 90 valence electrons. The molecule has 1 saturated heterocycles. The number of hydrogen-bond donors (Lipinski definition) is 0. The highest BCUT2D eigenvalue weighted by atomic mass is 16.2. The van der Waals surface area contributed by atoms with E-state index in [1.54, 1.807) is 0 Å². The van der Waals surface area contributed by atoms with Crippen LogP contribution in [0.2, 0.25) is 0 Å². The van der Waals surface area contributed by atoms with Gasteiger partial charge < -0.3 is 9.80 Å². The van der Waals surface area contributed by atoms with E-state index in [-0.39, 0.29) is 11.8 Å². The standard InChI is InChI=1S/C12H21N3O/c1-3-5-14(4-2)6-7-15-10-11(9-13)8-12(15)16/h11H,3-8,10H2,1-2H3. The average Bonchev–Trinajstić information content (AvgIpc) is 2.65. The van der Waals surface area contributed by atoms with Crippen molar-refractivity contribution in [1.29, 1.82) is 5.26 Å². The Hall–Kier alpha value is -1.08. The summed E-state index contributed by atoms with van der Waals surface area (Å²) in [5.41, 5.74) is 0. The van der Waals surface area contributed by atoms with Gasteiger partial charge in [-0.15, -0.1) is 0 Å². The summed E-state index contributed by atoms with van der Waals surface area (Å²) in [6.07, 6.45) is 1.55. The van der Waals surface area contributed by atoms with Gasteiger partial charge in [0.25, 0.3) is 0 Å². The highest BCUT2D eigenvalue weighted by molar-refractivity contribution is 5.79. The predicted octanol–water partition coefficient (Wildman–Crippen LogP) is 1.09. The number of carbonyl (C=O) groups is 1. The summed E-state index contributed by atoms with van der Waals surface area (Å²) >= 11 is 0. The molecule has 1 unspecified atom stereocenters. The molecule has 0 aromatic heterocycles. The molecule has 1 rings (SSSR count). The SMILES string of the molecule is CCCN(CC)CCN1CC(C#N)CC1=O. The fourth-order valence-electron chi connectivity index (χ4n) is 2.08. The van der Waals surface area contributed by atoms with E-state index in [9.17, 15) is 4.79 Å². The van der Waals surface area contributed by atoms with Gasteiger partial charge in [-0.1, -0.05) is 13.8 Å². The van der Waals surface area contributed by atoms with Crippen molar-refractivity contribution in [2.45, 2.75) is 26.7 Å². The normalized spacial score (nSPS) is 20.5. The molecule has 1 fully saturated rings. The van der Waals surface area contributed by atoms with Crippen molar-refractivity contribution >= 4 is 5.91 Å². The first-order chi connectivity index (χ1) is 7.71. The van der Waals surface area contributed by atoms with Crippen molar-refractivity contribution in [3.05, 3.63) is 0 Å². The van der Waals surface area contributed by atoms with Crippen molar-refractivity contribution in [3.63, 3.8) is 0 Å². The molecule has 1 aliphatic rings. The van der Waals surface area contributed by atoms with Crippen molar-refractivity contribution < 1.29 is 4.79 Å². The zero-order valence-corrected chi connectivity index (χ0v) is 10.3. The predicted molar refractivity (Wildman–Crippen MR) is 62.7 cm³/mol. The second-order valence-electron chi connectivity index (χ2n) is 4.30. The molecule has 1 heterocycles. The fourth-order valence-corrected chi connectivity index (χ4v) is 2.08. The highest BCUT2D eigenvalue weighted by Crippen LogP contribution is 2.16. The van der Waals surface area contributed by atoms with Gasteiger partial charge in [0.15, 0.2) is 0 Å². The Morgan fingerprint density at radius 3 is 2.75 bits per heavy atom. The van der Waals surface area contributed by atoms with Crippen LogP contribution in [-0.2, 0) is 4.79 Å². The summed E-state index contributed by atoms with van der Waals surface area (Å²) in [5.74, 6) is 0.0489. The van der Waals surface area contributed by atoms with Crippen molar-refractivity contribution in [2.75, 3.05) is 32.7 Å². The first kappa shape index (κ1) is 13.0. The number of rotatable bonds is 6. The molecule has 0 spiro atoms. The lowest BCUT2D eigenvalue weighted by Crippen LogP contribution is -2.36. The molecule has 0 aromatic carbocycles. The fraction of sp³-hybridized carbons (Fsp3) is 0.833. The van der Waals surface area contributed by atoms with E-state index in [0.29, 0.717) is 13.0 Å². The van der Waals surface area contributed by atoms with Crippen LogP contribution in [0.3, 0.4) is 0 Å². The Labute approximate surface area is 97.8 Å². The number of nitrogens with zero attached hydrogens (tertiary/aromatic N) is 3. The molecular weight excluding hydrogens is 202 g/mol. The van der Waals surface area contributed by atoms with E-state index in [4.69, 9.17) is 5.26 Å². The Bertz CT molecular complexity index is 272. The maximum absolute atomic E-state index is 11.6. The molecular formula is C12H21N3O. The quantitative estimate of drug-likeness (QED) is 0.677. The van der Waals surface area contributed by atoms with Gasteiger partial charge in [0.1, 0.15) is 0 Å². The Morgan fingerprint density at radius 2 is 2.25 bits per heavy atom. The van der Waals surface area contributed by atoms with Crippen LogP contribution in [0.4, 0.5) is 0 Å². The van der Waals surface area contributed by atoms with Gasteiger partial charge >= 0.3 is 0 Å². The third-order valence-corrected chi connectivity index (χ3v) is 3.07. The second kappa shape index (κ2) is 6.49.